The fourth-order valence-corrected chi connectivity index (χ4v) is 2.69. The normalized spacial score (nSPS) is 10.8. The van der Waals surface area contributed by atoms with Crippen molar-refractivity contribution in [2.75, 3.05) is 5.75 Å². The van der Waals surface area contributed by atoms with Gasteiger partial charge in [-0.3, -0.25) is 4.79 Å². The van der Waals surface area contributed by atoms with Crippen molar-refractivity contribution in [1.29, 1.82) is 0 Å². The van der Waals surface area contributed by atoms with Gasteiger partial charge < -0.3 is 9.67 Å². The summed E-state index contributed by atoms with van der Waals surface area (Å²) in [5.41, 5.74) is 3.10. The number of imidazole rings is 1. The summed E-state index contributed by atoms with van der Waals surface area (Å²) in [4.78, 5) is 15.3. The minimum atomic E-state index is -0.830. The number of aryl methyl sites for hydroxylation is 2. The number of benzene rings is 1. The molecule has 4 nitrogen and oxygen atoms in total. The highest BCUT2D eigenvalue weighted by Gasteiger charge is 2.13. The van der Waals surface area contributed by atoms with Gasteiger partial charge in [0.05, 0.1) is 16.8 Å². The Balaban J connectivity index is 2.44. The lowest BCUT2D eigenvalue weighted by Crippen LogP contribution is -2.03. The Bertz CT molecular complexity index is 619. The number of fused-ring (bicyclic) bond motifs is 1. The van der Waals surface area contributed by atoms with Crippen molar-refractivity contribution in [2.24, 2.45) is 0 Å². The maximum absolute atomic E-state index is 10.7. The molecule has 0 unspecified atom stereocenters. The molecule has 0 aliphatic heterocycles. The zero-order valence-corrected chi connectivity index (χ0v) is 11.6. The topological polar surface area (TPSA) is 55.1 Å². The van der Waals surface area contributed by atoms with Gasteiger partial charge in [0.2, 0.25) is 0 Å². The van der Waals surface area contributed by atoms with Crippen LogP contribution in [0.5, 0.6) is 0 Å². The third-order valence-electron chi connectivity index (χ3n) is 2.83. The van der Waals surface area contributed by atoms with Gasteiger partial charge in [0, 0.05) is 6.54 Å². The van der Waals surface area contributed by atoms with E-state index in [1.807, 2.05) is 31.2 Å². The number of carboxylic acid groups (broad SMARTS) is 1. The minimum absolute atomic E-state index is 0.0243. The summed E-state index contributed by atoms with van der Waals surface area (Å²) >= 11 is 1.26. The Morgan fingerprint density at radius 1 is 1.58 bits per heavy atom. The van der Waals surface area contributed by atoms with E-state index < -0.39 is 5.97 Å². The Morgan fingerprint density at radius 3 is 3.05 bits per heavy atom. The van der Waals surface area contributed by atoms with E-state index in [0.29, 0.717) is 0 Å². The first-order valence-electron chi connectivity index (χ1n) is 6.05. The zero-order chi connectivity index (χ0) is 13.8. The third kappa shape index (κ3) is 2.98. The molecule has 19 heavy (non-hydrogen) atoms. The molecule has 100 valence electrons. The second-order valence-electron chi connectivity index (χ2n) is 4.25. The smallest absolute Gasteiger partial charge is 0.313 e. The second-order valence-corrected chi connectivity index (χ2v) is 5.19. The zero-order valence-electron chi connectivity index (χ0n) is 10.8. The maximum atomic E-state index is 10.7. The molecular formula is C14H16N2O2S. The molecular weight excluding hydrogens is 260 g/mol. The van der Waals surface area contributed by atoms with Crippen LogP contribution < -0.4 is 0 Å². The number of nitrogens with zero attached hydrogens (tertiary/aromatic N) is 2. The number of hydrogen-bond donors (Lipinski definition) is 1. The molecule has 1 heterocycles. The largest absolute Gasteiger partial charge is 0.481 e. The number of thioether (sulfide) groups is 1. The standard InChI is InChI=1S/C14H16N2O2S/c1-3-4-8-16-11-7-5-6-10(2)13(11)15-14(16)19-9-12(17)18/h3,5-7H,1,4,8-9H2,2H3,(H,17,18). The number of allylic oxidation sites excluding steroid dienone is 1. The first-order valence-corrected chi connectivity index (χ1v) is 7.03. The molecule has 0 atom stereocenters. The second kappa shape index (κ2) is 5.93. The lowest BCUT2D eigenvalue weighted by Gasteiger charge is -2.06. The molecule has 1 aromatic heterocycles. The summed E-state index contributed by atoms with van der Waals surface area (Å²) in [6, 6.07) is 6.03. The molecule has 2 aromatic rings. The van der Waals surface area contributed by atoms with Crippen LogP contribution in [0.2, 0.25) is 0 Å². The fourth-order valence-electron chi connectivity index (χ4n) is 1.94. The average Bonchev–Trinajstić information content (AvgIpc) is 2.73. The van der Waals surface area contributed by atoms with Crippen molar-refractivity contribution in [2.45, 2.75) is 25.0 Å². The molecule has 0 aliphatic carbocycles. The lowest BCUT2D eigenvalue weighted by atomic mass is 10.2. The van der Waals surface area contributed by atoms with Gasteiger partial charge in [-0.25, -0.2) is 4.98 Å². The van der Waals surface area contributed by atoms with Gasteiger partial charge in [-0.2, -0.15) is 0 Å². The number of aliphatic carboxylic acids is 1. The van der Waals surface area contributed by atoms with E-state index in [2.05, 4.69) is 16.1 Å². The van der Waals surface area contributed by atoms with E-state index in [1.165, 1.54) is 11.8 Å². The first-order chi connectivity index (χ1) is 9.13. The van der Waals surface area contributed by atoms with Gasteiger partial charge in [0.1, 0.15) is 0 Å². The number of aromatic nitrogens is 2. The van der Waals surface area contributed by atoms with Gasteiger partial charge in [-0.15, -0.1) is 6.58 Å². The summed E-state index contributed by atoms with van der Waals surface area (Å²) in [5.74, 6) is -0.805. The van der Waals surface area contributed by atoms with E-state index in [1.54, 1.807) is 0 Å². The van der Waals surface area contributed by atoms with Crippen LogP contribution in [0.3, 0.4) is 0 Å². The Kier molecular flexibility index (Phi) is 4.27. The van der Waals surface area contributed by atoms with Gasteiger partial charge in [0.25, 0.3) is 0 Å². The molecule has 5 heteroatoms. The highest BCUT2D eigenvalue weighted by molar-refractivity contribution is 7.99. The quantitative estimate of drug-likeness (QED) is 0.650. The highest BCUT2D eigenvalue weighted by atomic mass is 32.2. The first kappa shape index (κ1) is 13.7. The van der Waals surface area contributed by atoms with E-state index in [9.17, 15) is 4.79 Å². The maximum Gasteiger partial charge on any atom is 0.313 e. The summed E-state index contributed by atoms with van der Waals surface area (Å²) in [7, 11) is 0. The predicted molar refractivity (Wildman–Crippen MR) is 77.6 cm³/mol. The molecule has 0 fully saturated rings. The van der Waals surface area contributed by atoms with Crippen molar-refractivity contribution in [1.82, 2.24) is 9.55 Å². The number of rotatable bonds is 6. The number of hydrogen-bond acceptors (Lipinski definition) is 3. The van der Waals surface area contributed by atoms with Crippen LogP contribution in [0, 0.1) is 6.92 Å². The Morgan fingerprint density at radius 2 is 2.37 bits per heavy atom. The Labute approximate surface area is 116 Å². The molecule has 0 saturated heterocycles. The molecule has 0 spiro atoms. The van der Waals surface area contributed by atoms with Crippen molar-refractivity contribution < 1.29 is 9.90 Å². The van der Waals surface area contributed by atoms with Gasteiger partial charge >= 0.3 is 5.97 Å². The van der Waals surface area contributed by atoms with Gasteiger partial charge in [0.15, 0.2) is 5.16 Å². The molecule has 1 aromatic carbocycles. The van der Waals surface area contributed by atoms with Crippen molar-refractivity contribution >= 4 is 28.8 Å². The lowest BCUT2D eigenvalue weighted by molar-refractivity contribution is -0.133. The third-order valence-corrected chi connectivity index (χ3v) is 3.79. The summed E-state index contributed by atoms with van der Waals surface area (Å²) in [5, 5.41) is 9.56. The van der Waals surface area contributed by atoms with E-state index in [4.69, 9.17) is 5.11 Å². The van der Waals surface area contributed by atoms with Crippen LogP contribution in [0.4, 0.5) is 0 Å². The number of carbonyl (C=O) groups is 1. The number of carboxylic acids is 1. The van der Waals surface area contributed by atoms with E-state index >= 15 is 0 Å². The Hall–Kier alpha value is -1.75. The monoisotopic (exact) mass is 276 g/mol. The van der Waals surface area contributed by atoms with Crippen LogP contribution in [0.15, 0.2) is 36.0 Å². The van der Waals surface area contributed by atoms with E-state index in [-0.39, 0.29) is 5.75 Å². The molecule has 2 rings (SSSR count). The van der Waals surface area contributed by atoms with Crippen molar-refractivity contribution in [3.05, 3.63) is 36.4 Å². The van der Waals surface area contributed by atoms with Crippen molar-refractivity contribution in [3.8, 4) is 0 Å². The SMILES string of the molecule is C=CCCn1c(SCC(=O)O)nc2c(C)cccc21. The van der Waals surface area contributed by atoms with E-state index in [0.717, 1.165) is 34.7 Å². The molecule has 0 amide bonds. The fraction of sp³-hybridized carbons (Fsp3) is 0.286. The van der Waals surface area contributed by atoms with Gasteiger partial charge in [-0.05, 0) is 25.0 Å². The molecule has 0 aliphatic rings. The van der Waals surface area contributed by atoms with Gasteiger partial charge in [-0.1, -0.05) is 30.0 Å². The molecule has 0 bridgehead atoms. The molecule has 0 saturated carbocycles. The van der Waals surface area contributed by atoms with Crippen LogP contribution in [0.25, 0.3) is 11.0 Å². The summed E-state index contributed by atoms with van der Waals surface area (Å²) < 4.78 is 2.07. The van der Waals surface area contributed by atoms with Crippen LogP contribution in [0.1, 0.15) is 12.0 Å². The number of para-hydroxylation sites is 1. The molecule has 1 N–H and O–H groups in total. The highest BCUT2D eigenvalue weighted by Crippen LogP contribution is 2.26. The molecule has 0 radical (unpaired) electrons. The average molecular weight is 276 g/mol. The van der Waals surface area contributed by atoms with Crippen LogP contribution >= 0.6 is 11.8 Å². The van der Waals surface area contributed by atoms with Crippen molar-refractivity contribution in [3.63, 3.8) is 0 Å². The summed E-state index contributed by atoms with van der Waals surface area (Å²) in [6.45, 7) is 6.51. The summed E-state index contributed by atoms with van der Waals surface area (Å²) in [6.07, 6.45) is 2.69. The van der Waals surface area contributed by atoms with Crippen LogP contribution in [-0.2, 0) is 11.3 Å². The van der Waals surface area contributed by atoms with Crippen LogP contribution in [-0.4, -0.2) is 26.4 Å². The minimum Gasteiger partial charge on any atom is -0.481 e. The predicted octanol–water partition coefficient (Wildman–Crippen LogP) is 3.10.